The number of nitrogens with zero attached hydrogens (tertiary/aromatic N) is 2. The number of rotatable bonds is 8. The molecule has 0 fully saturated rings. The summed E-state index contributed by atoms with van der Waals surface area (Å²) in [6.45, 7) is 3.44. The summed E-state index contributed by atoms with van der Waals surface area (Å²) in [6.07, 6.45) is 2.25. The van der Waals surface area contributed by atoms with E-state index >= 15 is 0 Å². The first-order valence-electron chi connectivity index (χ1n) is 7.76. The molecule has 1 heterocycles. The first kappa shape index (κ1) is 17.0. The van der Waals surface area contributed by atoms with Gasteiger partial charge in [0.15, 0.2) is 0 Å². The van der Waals surface area contributed by atoms with Crippen molar-refractivity contribution in [1.29, 1.82) is 0 Å². The van der Waals surface area contributed by atoms with Crippen LogP contribution in [0.4, 0.5) is 5.82 Å². The fourth-order valence-corrected chi connectivity index (χ4v) is 2.25. The lowest BCUT2D eigenvalue weighted by Crippen LogP contribution is -2.38. The Morgan fingerprint density at radius 2 is 1.96 bits per heavy atom. The normalized spacial score (nSPS) is 11.9. The third-order valence-corrected chi connectivity index (χ3v) is 3.81. The average Bonchev–Trinajstić information content (AvgIpc) is 2.59. The summed E-state index contributed by atoms with van der Waals surface area (Å²) >= 11 is 0. The number of anilines is 1. The molecule has 2 rings (SSSR count). The number of carboxylic acids is 1. The van der Waals surface area contributed by atoms with Gasteiger partial charge in [-0.05, 0) is 30.5 Å². The quantitative estimate of drug-likeness (QED) is 0.783. The fraction of sp³-hybridized carbons (Fsp3) is 0.333. The lowest BCUT2D eigenvalue weighted by molar-refractivity contribution is -0.139. The van der Waals surface area contributed by atoms with Crippen LogP contribution >= 0.6 is 0 Å². The number of carboxylic acid groups (broad SMARTS) is 1. The highest BCUT2D eigenvalue weighted by Crippen LogP contribution is 2.10. The molecule has 0 saturated heterocycles. The highest BCUT2D eigenvalue weighted by atomic mass is 16.4. The number of carbonyl (C=O) groups is 1. The molecule has 0 spiro atoms. The number of aliphatic carboxylic acids is 1. The molecule has 0 aliphatic rings. The number of benzene rings is 1. The van der Waals surface area contributed by atoms with Gasteiger partial charge in [0.25, 0.3) is 0 Å². The van der Waals surface area contributed by atoms with Crippen molar-refractivity contribution in [1.82, 2.24) is 10.3 Å². The molecule has 0 amide bonds. The third kappa shape index (κ3) is 5.07. The predicted molar refractivity (Wildman–Crippen MR) is 91.6 cm³/mol. The van der Waals surface area contributed by atoms with Gasteiger partial charge in [0.1, 0.15) is 11.9 Å². The fourth-order valence-electron chi connectivity index (χ4n) is 2.25. The van der Waals surface area contributed by atoms with Crippen LogP contribution in [0.3, 0.4) is 0 Å². The van der Waals surface area contributed by atoms with Gasteiger partial charge in [-0.15, -0.1) is 0 Å². The monoisotopic (exact) mass is 313 g/mol. The van der Waals surface area contributed by atoms with E-state index in [-0.39, 0.29) is 0 Å². The predicted octanol–water partition coefficient (Wildman–Crippen LogP) is 2.32. The second-order valence-electron chi connectivity index (χ2n) is 5.50. The van der Waals surface area contributed by atoms with Crippen LogP contribution in [0.2, 0.25) is 0 Å². The average molecular weight is 313 g/mol. The number of aromatic nitrogens is 1. The van der Waals surface area contributed by atoms with Crippen molar-refractivity contribution in [2.24, 2.45) is 0 Å². The molecule has 0 aliphatic heterocycles. The van der Waals surface area contributed by atoms with Gasteiger partial charge in [-0.2, -0.15) is 0 Å². The molecule has 0 unspecified atom stereocenters. The van der Waals surface area contributed by atoms with Crippen LogP contribution in [-0.2, 0) is 17.8 Å². The summed E-state index contributed by atoms with van der Waals surface area (Å²) in [5.74, 6) is 0.0690. The second kappa shape index (κ2) is 8.29. The van der Waals surface area contributed by atoms with Crippen LogP contribution in [0.25, 0.3) is 0 Å². The molecular formula is C18H23N3O2. The number of hydrogen-bond acceptors (Lipinski definition) is 4. The highest BCUT2D eigenvalue weighted by molar-refractivity contribution is 5.73. The SMILES string of the molecule is CCN(C)c1ccc(CN[C@H](Cc2ccccc2)C(=O)O)cn1. The van der Waals surface area contributed by atoms with Gasteiger partial charge in [0.2, 0.25) is 0 Å². The van der Waals surface area contributed by atoms with E-state index in [9.17, 15) is 9.90 Å². The first-order chi connectivity index (χ1) is 11.1. The topological polar surface area (TPSA) is 65.5 Å². The molecule has 0 radical (unpaired) electrons. The zero-order chi connectivity index (χ0) is 16.7. The zero-order valence-electron chi connectivity index (χ0n) is 13.6. The maximum absolute atomic E-state index is 11.4. The molecule has 1 aromatic carbocycles. The van der Waals surface area contributed by atoms with Gasteiger partial charge in [-0.1, -0.05) is 36.4 Å². The Kier molecular flexibility index (Phi) is 6.11. The Hall–Kier alpha value is -2.40. The minimum absolute atomic E-state index is 0.459. The second-order valence-corrected chi connectivity index (χ2v) is 5.50. The van der Waals surface area contributed by atoms with E-state index in [0.29, 0.717) is 13.0 Å². The Balaban J connectivity index is 1.95. The van der Waals surface area contributed by atoms with Crippen molar-refractivity contribution in [2.45, 2.75) is 25.9 Å². The molecule has 5 heteroatoms. The summed E-state index contributed by atoms with van der Waals surface area (Å²) < 4.78 is 0. The molecule has 2 N–H and O–H groups in total. The zero-order valence-corrected chi connectivity index (χ0v) is 13.6. The van der Waals surface area contributed by atoms with Gasteiger partial charge in [-0.25, -0.2) is 4.98 Å². The van der Waals surface area contributed by atoms with Crippen molar-refractivity contribution in [3.8, 4) is 0 Å². The van der Waals surface area contributed by atoms with E-state index in [2.05, 4.69) is 17.2 Å². The molecule has 0 bridgehead atoms. The standard InChI is InChI=1S/C18H23N3O2/c1-3-21(2)17-10-9-15(13-20-17)12-19-16(18(22)23)11-14-7-5-4-6-8-14/h4-10,13,16,19H,3,11-12H2,1-2H3,(H,22,23)/t16-/m1/s1. The lowest BCUT2D eigenvalue weighted by Gasteiger charge is -2.17. The van der Waals surface area contributed by atoms with Crippen molar-refractivity contribution in [2.75, 3.05) is 18.5 Å². The Morgan fingerprint density at radius 3 is 2.52 bits per heavy atom. The van der Waals surface area contributed by atoms with E-state index in [1.165, 1.54) is 0 Å². The summed E-state index contributed by atoms with van der Waals surface area (Å²) in [5, 5.41) is 12.5. The molecule has 23 heavy (non-hydrogen) atoms. The molecule has 122 valence electrons. The van der Waals surface area contributed by atoms with Crippen LogP contribution in [-0.4, -0.2) is 35.7 Å². The van der Waals surface area contributed by atoms with E-state index in [1.807, 2.05) is 54.4 Å². The van der Waals surface area contributed by atoms with Crippen molar-refractivity contribution in [3.63, 3.8) is 0 Å². The van der Waals surface area contributed by atoms with E-state index < -0.39 is 12.0 Å². The van der Waals surface area contributed by atoms with Crippen LogP contribution in [0, 0.1) is 0 Å². The van der Waals surface area contributed by atoms with Crippen molar-refractivity contribution in [3.05, 3.63) is 59.8 Å². The summed E-state index contributed by atoms with van der Waals surface area (Å²) in [4.78, 5) is 17.9. The summed E-state index contributed by atoms with van der Waals surface area (Å²) in [6, 6.07) is 12.9. The van der Waals surface area contributed by atoms with Crippen LogP contribution in [0.5, 0.6) is 0 Å². The van der Waals surface area contributed by atoms with E-state index in [1.54, 1.807) is 6.20 Å². The van der Waals surface area contributed by atoms with Crippen LogP contribution < -0.4 is 10.2 Å². The summed E-state index contributed by atoms with van der Waals surface area (Å²) in [5.41, 5.74) is 1.98. The minimum atomic E-state index is -0.843. The maximum atomic E-state index is 11.4. The minimum Gasteiger partial charge on any atom is -0.480 e. The molecule has 1 aromatic heterocycles. The van der Waals surface area contributed by atoms with Crippen LogP contribution in [0.1, 0.15) is 18.1 Å². The van der Waals surface area contributed by atoms with Crippen molar-refractivity contribution >= 4 is 11.8 Å². The van der Waals surface area contributed by atoms with Crippen LogP contribution in [0.15, 0.2) is 48.7 Å². The van der Waals surface area contributed by atoms with Gasteiger partial charge in [0, 0.05) is 26.3 Å². The summed E-state index contributed by atoms with van der Waals surface area (Å²) in [7, 11) is 1.99. The Morgan fingerprint density at radius 1 is 1.22 bits per heavy atom. The van der Waals surface area contributed by atoms with Gasteiger partial charge >= 0.3 is 5.97 Å². The van der Waals surface area contributed by atoms with E-state index in [0.717, 1.165) is 23.5 Å². The maximum Gasteiger partial charge on any atom is 0.321 e. The van der Waals surface area contributed by atoms with Gasteiger partial charge < -0.3 is 10.0 Å². The number of pyridine rings is 1. The van der Waals surface area contributed by atoms with Crippen molar-refractivity contribution < 1.29 is 9.90 Å². The van der Waals surface area contributed by atoms with Gasteiger partial charge in [0.05, 0.1) is 0 Å². The number of hydrogen-bond donors (Lipinski definition) is 2. The molecule has 5 nitrogen and oxygen atoms in total. The van der Waals surface area contributed by atoms with Gasteiger partial charge in [-0.3, -0.25) is 10.1 Å². The molecule has 0 aliphatic carbocycles. The molecular weight excluding hydrogens is 290 g/mol. The lowest BCUT2D eigenvalue weighted by atomic mass is 10.1. The molecule has 1 atom stereocenters. The molecule has 2 aromatic rings. The Bertz CT molecular complexity index is 614. The van der Waals surface area contributed by atoms with E-state index in [4.69, 9.17) is 0 Å². The smallest absolute Gasteiger partial charge is 0.321 e. The Labute approximate surface area is 137 Å². The largest absolute Gasteiger partial charge is 0.480 e. The first-order valence-corrected chi connectivity index (χ1v) is 7.76. The third-order valence-electron chi connectivity index (χ3n) is 3.81. The molecule has 0 saturated carbocycles. The number of nitrogens with one attached hydrogen (secondary N) is 1. The highest BCUT2D eigenvalue weighted by Gasteiger charge is 2.17.